The zero-order chi connectivity index (χ0) is 14.0. The molecule has 0 radical (unpaired) electrons. The lowest BCUT2D eigenvalue weighted by atomic mass is 9.86. The van der Waals surface area contributed by atoms with Gasteiger partial charge in [-0.05, 0) is 38.3 Å². The van der Waals surface area contributed by atoms with Gasteiger partial charge in [0.05, 0.1) is 0 Å². The second kappa shape index (κ2) is 9.20. The highest BCUT2D eigenvalue weighted by atomic mass is 16.4. The third kappa shape index (κ3) is 8.34. The van der Waals surface area contributed by atoms with Crippen LogP contribution < -0.4 is 11.1 Å². The van der Waals surface area contributed by atoms with Crippen LogP contribution in [-0.4, -0.2) is 24.1 Å². The Bertz CT molecular complexity index is 237. The molecule has 0 bridgehead atoms. The van der Waals surface area contributed by atoms with E-state index in [1.807, 2.05) is 13.8 Å². The number of nitrogens with zero attached hydrogens (tertiary/aromatic N) is 1. The first-order valence-corrected chi connectivity index (χ1v) is 7.09. The summed E-state index contributed by atoms with van der Waals surface area (Å²) in [7, 11) is 0. The summed E-state index contributed by atoms with van der Waals surface area (Å²) in [6.45, 7) is 10.6. The first-order chi connectivity index (χ1) is 8.40. The number of oxime groups is 1. The lowest BCUT2D eigenvalue weighted by molar-refractivity contribution is 0.304. The molecule has 0 spiro atoms. The predicted molar refractivity (Wildman–Crippen MR) is 78.0 cm³/mol. The SMILES string of the molecule is CC(C)CCCCNCCCC(C)(C)C(N)=NO. The zero-order valence-corrected chi connectivity index (χ0v) is 12.5. The molecule has 0 fully saturated rings. The largest absolute Gasteiger partial charge is 0.409 e. The Balaban J connectivity index is 3.46. The van der Waals surface area contributed by atoms with Crippen LogP contribution in [0.2, 0.25) is 0 Å². The number of unbranched alkanes of at least 4 members (excludes halogenated alkanes) is 1. The van der Waals surface area contributed by atoms with Gasteiger partial charge in [0.2, 0.25) is 0 Å². The van der Waals surface area contributed by atoms with Gasteiger partial charge in [0.15, 0.2) is 0 Å². The highest BCUT2D eigenvalue weighted by molar-refractivity contribution is 5.85. The van der Waals surface area contributed by atoms with Crippen LogP contribution in [0.1, 0.15) is 59.8 Å². The average molecular weight is 257 g/mol. The van der Waals surface area contributed by atoms with Crippen LogP contribution in [-0.2, 0) is 0 Å². The van der Waals surface area contributed by atoms with Crippen LogP contribution in [0.5, 0.6) is 0 Å². The van der Waals surface area contributed by atoms with Crippen LogP contribution in [0.15, 0.2) is 5.16 Å². The number of hydrogen-bond acceptors (Lipinski definition) is 3. The monoisotopic (exact) mass is 257 g/mol. The summed E-state index contributed by atoms with van der Waals surface area (Å²) in [5, 5.41) is 15.2. The molecule has 0 saturated carbocycles. The van der Waals surface area contributed by atoms with E-state index in [1.54, 1.807) is 0 Å². The molecule has 18 heavy (non-hydrogen) atoms. The summed E-state index contributed by atoms with van der Waals surface area (Å²) in [5.74, 6) is 1.13. The summed E-state index contributed by atoms with van der Waals surface area (Å²) in [6, 6.07) is 0. The van der Waals surface area contributed by atoms with Gasteiger partial charge in [-0.15, -0.1) is 0 Å². The molecule has 0 aliphatic carbocycles. The van der Waals surface area contributed by atoms with Gasteiger partial charge in [0.1, 0.15) is 5.84 Å². The first-order valence-electron chi connectivity index (χ1n) is 7.09. The highest BCUT2D eigenvalue weighted by Crippen LogP contribution is 2.21. The maximum atomic E-state index is 8.66. The van der Waals surface area contributed by atoms with Gasteiger partial charge in [-0.1, -0.05) is 45.7 Å². The molecule has 0 aromatic rings. The molecule has 0 amide bonds. The second-order valence-electron chi connectivity index (χ2n) is 6.11. The predicted octanol–water partition coefficient (Wildman–Crippen LogP) is 2.96. The highest BCUT2D eigenvalue weighted by Gasteiger charge is 2.22. The molecule has 0 heterocycles. The maximum absolute atomic E-state index is 8.66. The zero-order valence-electron chi connectivity index (χ0n) is 12.5. The fourth-order valence-corrected chi connectivity index (χ4v) is 1.85. The molecule has 4 nitrogen and oxygen atoms in total. The third-order valence-electron chi connectivity index (χ3n) is 3.34. The summed E-state index contributed by atoms with van der Waals surface area (Å²) < 4.78 is 0. The van der Waals surface area contributed by atoms with Crippen LogP contribution >= 0.6 is 0 Å². The molecule has 0 aliphatic rings. The minimum atomic E-state index is -0.214. The summed E-state index contributed by atoms with van der Waals surface area (Å²) in [6.07, 6.45) is 5.86. The van der Waals surface area contributed by atoms with Crippen molar-refractivity contribution in [2.45, 2.75) is 59.8 Å². The molecular formula is C14H31N3O. The van der Waals surface area contributed by atoms with Crippen molar-refractivity contribution in [3.8, 4) is 0 Å². The molecule has 4 heteroatoms. The van der Waals surface area contributed by atoms with E-state index in [0.29, 0.717) is 5.84 Å². The van der Waals surface area contributed by atoms with Crippen LogP contribution in [0.3, 0.4) is 0 Å². The Morgan fingerprint density at radius 2 is 1.83 bits per heavy atom. The smallest absolute Gasteiger partial charge is 0.144 e. The van der Waals surface area contributed by atoms with Gasteiger partial charge in [-0.25, -0.2) is 0 Å². The van der Waals surface area contributed by atoms with Crippen molar-refractivity contribution < 1.29 is 5.21 Å². The van der Waals surface area contributed by atoms with E-state index in [0.717, 1.165) is 31.8 Å². The summed E-state index contributed by atoms with van der Waals surface area (Å²) in [4.78, 5) is 0. The van der Waals surface area contributed by atoms with Crippen molar-refractivity contribution in [1.82, 2.24) is 5.32 Å². The Kier molecular flexibility index (Phi) is 8.81. The quantitative estimate of drug-likeness (QED) is 0.185. The van der Waals surface area contributed by atoms with Gasteiger partial charge in [-0.3, -0.25) is 0 Å². The number of nitrogens with two attached hydrogens (primary N) is 1. The fourth-order valence-electron chi connectivity index (χ4n) is 1.85. The van der Waals surface area contributed by atoms with E-state index in [-0.39, 0.29) is 5.41 Å². The van der Waals surface area contributed by atoms with Crippen molar-refractivity contribution >= 4 is 5.84 Å². The standard InChI is InChI=1S/C14H31N3O/c1-12(2)8-5-6-10-16-11-7-9-14(3,4)13(15)17-18/h12,16,18H,5-11H2,1-4H3,(H2,15,17). The van der Waals surface area contributed by atoms with Gasteiger partial charge in [0, 0.05) is 5.41 Å². The van der Waals surface area contributed by atoms with Crippen molar-refractivity contribution in [3.05, 3.63) is 0 Å². The van der Waals surface area contributed by atoms with Crippen LogP contribution in [0.25, 0.3) is 0 Å². The van der Waals surface area contributed by atoms with E-state index in [1.165, 1.54) is 19.3 Å². The third-order valence-corrected chi connectivity index (χ3v) is 3.34. The number of amidine groups is 1. The molecule has 0 saturated heterocycles. The topological polar surface area (TPSA) is 70.6 Å². The van der Waals surface area contributed by atoms with Gasteiger partial charge in [0.25, 0.3) is 0 Å². The van der Waals surface area contributed by atoms with Gasteiger partial charge < -0.3 is 16.3 Å². The normalized spacial score (nSPS) is 13.3. The van der Waals surface area contributed by atoms with E-state index >= 15 is 0 Å². The lowest BCUT2D eigenvalue weighted by Gasteiger charge is -2.22. The Hall–Kier alpha value is -0.770. The maximum Gasteiger partial charge on any atom is 0.144 e. The molecule has 0 rings (SSSR count). The number of hydrogen-bond donors (Lipinski definition) is 3. The molecule has 0 aromatic carbocycles. The number of rotatable bonds is 10. The molecule has 4 N–H and O–H groups in total. The van der Waals surface area contributed by atoms with Crippen molar-refractivity contribution in [2.75, 3.05) is 13.1 Å². The molecular weight excluding hydrogens is 226 g/mol. The molecule has 0 atom stereocenters. The van der Waals surface area contributed by atoms with Crippen LogP contribution in [0, 0.1) is 11.3 Å². The van der Waals surface area contributed by atoms with Gasteiger partial charge >= 0.3 is 0 Å². The van der Waals surface area contributed by atoms with E-state index in [2.05, 4.69) is 24.3 Å². The minimum absolute atomic E-state index is 0.214. The van der Waals surface area contributed by atoms with Crippen LogP contribution in [0.4, 0.5) is 0 Å². The van der Waals surface area contributed by atoms with E-state index in [9.17, 15) is 0 Å². The van der Waals surface area contributed by atoms with E-state index in [4.69, 9.17) is 10.9 Å². The lowest BCUT2D eigenvalue weighted by Crippen LogP contribution is -2.32. The van der Waals surface area contributed by atoms with E-state index < -0.39 is 0 Å². The van der Waals surface area contributed by atoms with Crippen molar-refractivity contribution in [1.29, 1.82) is 0 Å². The molecule has 108 valence electrons. The van der Waals surface area contributed by atoms with Crippen molar-refractivity contribution in [2.24, 2.45) is 22.2 Å². The molecule has 0 aliphatic heterocycles. The second-order valence-corrected chi connectivity index (χ2v) is 6.11. The number of nitrogens with one attached hydrogen (secondary N) is 1. The average Bonchev–Trinajstić information content (AvgIpc) is 2.30. The fraction of sp³-hybridized carbons (Fsp3) is 0.929. The first kappa shape index (κ1) is 17.2. The summed E-state index contributed by atoms with van der Waals surface area (Å²) in [5.41, 5.74) is 5.42. The minimum Gasteiger partial charge on any atom is -0.409 e. The Morgan fingerprint density at radius 1 is 1.22 bits per heavy atom. The molecule has 0 aromatic heterocycles. The van der Waals surface area contributed by atoms with Crippen molar-refractivity contribution in [3.63, 3.8) is 0 Å². The van der Waals surface area contributed by atoms with Gasteiger partial charge in [-0.2, -0.15) is 0 Å². The molecule has 0 unspecified atom stereocenters. The summed E-state index contributed by atoms with van der Waals surface area (Å²) >= 11 is 0. The Morgan fingerprint density at radius 3 is 2.39 bits per heavy atom. The Labute approximate surface area is 112 Å².